The van der Waals surface area contributed by atoms with E-state index < -0.39 is 0 Å². The summed E-state index contributed by atoms with van der Waals surface area (Å²) in [6.07, 6.45) is 0.779. The minimum Gasteiger partial charge on any atom is -0.355 e. The van der Waals surface area contributed by atoms with E-state index >= 15 is 0 Å². The molecular formula is C12H17Cl3N2OS. The van der Waals surface area contributed by atoms with Crippen molar-refractivity contribution in [1.29, 1.82) is 0 Å². The zero-order valence-electron chi connectivity index (χ0n) is 10.5. The molecule has 0 aliphatic heterocycles. The highest BCUT2D eigenvalue weighted by atomic mass is 35.5. The quantitative estimate of drug-likeness (QED) is 0.615. The van der Waals surface area contributed by atoms with Crippen LogP contribution in [0.1, 0.15) is 13.3 Å². The van der Waals surface area contributed by atoms with E-state index in [1.807, 2.05) is 6.92 Å². The lowest BCUT2D eigenvalue weighted by atomic mass is 10.4. The van der Waals surface area contributed by atoms with Crippen LogP contribution in [0.4, 0.5) is 0 Å². The molecule has 3 nitrogen and oxygen atoms in total. The standard InChI is InChI=1S/C12H16Cl2N2OS.ClH/c1-8(12(17)16-6-2-5-15)18-11-7-9(13)3-4-10(11)14;/h3-4,7-8H,2,5-6,15H2,1H3,(H,16,17);1H. The van der Waals surface area contributed by atoms with Gasteiger partial charge in [-0.2, -0.15) is 0 Å². The normalized spacial score (nSPS) is 11.6. The first-order valence-corrected chi connectivity index (χ1v) is 7.27. The fraction of sp³-hybridized carbons (Fsp3) is 0.417. The number of nitrogens with one attached hydrogen (secondary N) is 1. The van der Waals surface area contributed by atoms with E-state index in [2.05, 4.69) is 5.32 Å². The van der Waals surface area contributed by atoms with E-state index in [-0.39, 0.29) is 23.6 Å². The summed E-state index contributed by atoms with van der Waals surface area (Å²) in [7, 11) is 0. The Morgan fingerprint density at radius 1 is 1.47 bits per heavy atom. The van der Waals surface area contributed by atoms with Gasteiger partial charge in [-0.25, -0.2) is 0 Å². The monoisotopic (exact) mass is 342 g/mol. The lowest BCUT2D eigenvalue weighted by Crippen LogP contribution is -2.32. The van der Waals surface area contributed by atoms with Crippen molar-refractivity contribution in [3.8, 4) is 0 Å². The van der Waals surface area contributed by atoms with Crippen LogP contribution in [0.3, 0.4) is 0 Å². The number of rotatable bonds is 6. The first-order chi connectivity index (χ1) is 8.54. The van der Waals surface area contributed by atoms with Crippen LogP contribution in [0.15, 0.2) is 23.1 Å². The number of hydrogen-bond donors (Lipinski definition) is 2. The maximum atomic E-state index is 11.8. The molecule has 0 fully saturated rings. The highest BCUT2D eigenvalue weighted by Crippen LogP contribution is 2.32. The predicted octanol–water partition coefficient (Wildman–Crippen LogP) is 3.36. The largest absolute Gasteiger partial charge is 0.355 e. The first-order valence-electron chi connectivity index (χ1n) is 5.64. The molecule has 0 aliphatic carbocycles. The van der Waals surface area contributed by atoms with Gasteiger partial charge in [0, 0.05) is 16.5 Å². The van der Waals surface area contributed by atoms with Crippen molar-refractivity contribution in [3.63, 3.8) is 0 Å². The topological polar surface area (TPSA) is 55.1 Å². The van der Waals surface area contributed by atoms with Gasteiger partial charge in [0.2, 0.25) is 5.91 Å². The second-order valence-corrected chi connectivity index (χ2v) is 5.99. The Morgan fingerprint density at radius 2 is 2.16 bits per heavy atom. The van der Waals surface area contributed by atoms with Crippen molar-refractivity contribution >= 4 is 53.3 Å². The molecule has 1 amide bonds. The summed E-state index contributed by atoms with van der Waals surface area (Å²) >= 11 is 13.3. The Morgan fingerprint density at radius 3 is 2.79 bits per heavy atom. The minimum atomic E-state index is -0.223. The summed E-state index contributed by atoms with van der Waals surface area (Å²) in [6, 6.07) is 5.21. The van der Waals surface area contributed by atoms with Gasteiger partial charge < -0.3 is 11.1 Å². The van der Waals surface area contributed by atoms with Crippen molar-refractivity contribution in [2.45, 2.75) is 23.5 Å². The molecule has 0 radical (unpaired) electrons. The molecule has 1 unspecified atom stereocenters. The third kappa shape index (κ3) is 6.72. The van der Waals surface area contributed by atoms with Crippen LogP contribution in [0.5, 0.6) is 0 Å². The van der Waals surface area contributed by atoms with Gasteiger partial charge in [-0.15, -0.1) is 24.2 Å². The van der Waals surface area contributed by atoms with Crippen LogP contribution < -0.4 is 11.1 Å². The van der Waals surface area contributed by atoms with Crippen LogP contribution in [-0.4, -0.2) is 24.2 Å². The summed E-state index contributed by atoms with van der Waals surface area (Å²) in [6.45, 7) is 3.01. The summed E-state index contributed by atoms with van der Waals surface area (Å²) in [5.74, 6) is -0.0236. The van der Waals surface area contributed by atoms with Crippen LogP contribution >= 0.6 is 47.4 Å². The number of amides is 1. The second kappa shape index (κ2) is 9.72. The minimum absolute atomic E-state index is 0. The molecule has 1 rings (SSSR count). The van der Waals surface area contributed by atoms with Crippen LogP contribution in [0.2, 0.25) is 10.0 Å². The third-order valence-corrected chi connectivity index (χ3v) is 4.08. The first kappa shape index (κ1) is 18.9. The van der Waals surface area contributed by atoms with Gasteiger partial charge in [-0.05, 0) is 38.1 Å². The van der Waals surface area contributed by atoms with Crippen molar-refractivity contribution in [1.82, 2.24) is 5.32 Å². The Balaban J connectivity index is 0.00000324. The predicted molar refractivity (Wildman–Crippen MR) is 85.7 cm³/mol. The van der Waals surface area contributed by atoms with Gasteiger partial charge in [-0.1, -0.05) is 23.2 Å². The van der Waals surface area contributed by atoms with E-state index in [1.165, 1.54) is 11.8 Å². The van der Waals surface area contributed by atoms with Crippen LogP contribution in [0.25, 0.3) is 0 Å². The second-order valence-electron chi connectivity index (χ2n) is 3.77. The lowest BCUT2D eigenvalue weighted by Gasteiger charge is -2.12. The number of benzene rings is 1. The van der Waals surface area contributed by atoms with Gasteiger partial charge in [0.05, 0.1) is 10.3 Å². The Hall–Kier alpha value is -0.130. The van der Waals surface area contributed by atoms with E-state index in [9.17, 15) is 4.79 Å². The van der Waals surface area contributed by atoms with E-state index in [0.717, 1.165) is 11.3 Å². The average molecular weight is 344 g/mol. The lowest BCUT2D eigenvalue weighted by molar-refractivity contribution is -0.120. The van der Waals surface area contributed by atoms with Crippen molar-refractivity contribution in [2.75, 3.05) is 13.1 Å². The SMILES string of the molecule is CC(Sc1cc(Cl)ccc1Cl)C(=O)NCCCN.Cl. The molecule has 1 aromatic carbocycles. The Bertz CT molecular complexity index is 418. The molecule has 1 atom stereocenters. The van der Waals surface area contributed by atoms with Gasteiger partial charge in [0.15, 0.2) is 0 Å². The number of carbonyl (C=O) groups is 1. The van der Waals surface area contributed by atoms with Crippen molar-refractivity contribution in [3.05, 3.63) is 28.2 Å². The average Bonchev–Trinajstić information content (AvgIpc) is 2.34. The molecule has 0 heterocycles. The summed E-state index contributed by atoms with van der Waals surface area (Å²) in [5, 5.41) is 3.81. The molecule has 7 heteroatoms. The molecular weight excluding hydrogens is 327 g/mol. The summed E-state index contributed by atoms with van der Waals surface area (Å²) in [5.41, 5.74) is 5.36. The molecule has 0 spiro atoms. The fourth-order valence-corrected chi connectivity index (χ4v) is 2.70. The molecule has 0 aromatic heterocycles. The number of halogens is 3. The van der Waals surface area contributed by atoms with Crippen LogP contribution in [0, 0.1) is 0 Å². The zero-order chi connectivity index (χ0) is 13.5. The van der Waals surface area contributed by atoms with Gasteiger partial charge in [0.1, 0.15) is 0 Å². The van der Waals surface area contributed by atoms with E-state index in [4.69, 9.17) is 28.9 Å². The van der Waals surface area contributed by atoms with E-state index in [1.54, 1.807) is 18.2 Å². The van der Waals surface area contributed by atoms with Crippen molar-refractivity contribution in [2.24, 2.45) is 5.73 Å². The van der Waals surface area contributed by atoms with E-state index in [0.29, 0.717) is 23.1 Å². The summed E-state index contributed by atoms with van der Waals surface area (Å²) < 4.78 is 0. The molecule has 3 N–H and O–H groups in total. The maximum absolute atomic E-state index is 11.8. The maximum Gasteiger partial charge on any atom is 0.233 e. The molecule has 0 saturated heterocycles. The molecule has 0 saturated carbocycles. The zero-order valence-corrected chi connectivity index (χ0v) is 13.6. The molecule has 1 aromatic rings. The molecule has 0 bridgehead atoms. The third-order valence-electron chi connectivity index (χ3n) is 2.25. The van der Waals surface area contributed by atoms with Crippen molar-refractivity contribution < 1.29 is 4.79 Å². The smallest absolute Gasteiger partial charge is 0.233 e. The Labute approximate surface area is 134 Å². The number of thioether (sulfide) groups is 1. The van der Waals surface area contributed by atoms with Gasteiger partial charge >= 0.3 is 0 Å². The fourth-order valence-electron chi connectivity index (χ4n) is 1.27. The van der Waals surface area contributed by atoms with Gasteiger partial charge in [-0.3, -0.25) is 4.79 Å². The molecule has 108 valence electrons. The van der Waals surface area contributed by atoms with Gasteiger partial charge in [0.25, 0.3) is 0 Å². The number of carbonyl (C=O) groups excluding carboxylic acids is 1. The Kier molecular flexibility index (Phi) is 9.66. The van der Waals surface area contributed by atoms with Crippen LogP contribution in [-0.2, 0) is 4.79 Å². The molecule has 0 aliphatic rings. The summed E-state index contributed by atoms with van der Waals surface area (Å²) in [4.78, 5) is 12.6. The molecule has 19 heavy (non-hydrogen) atoms. The number of nitrogens with two attached hydrogens (primary N) is 1. The highest BCUT2D eigenvalue weighted by molar-refractivity contribution is 8.00. The number of hydrogen-bond acceptors (Lipinski definition) is 3. The highest BCUT2D eigenvalue weighted by Gasteiger charge is 2.15.